The van der Waals surface area contributed by atoms with Gasteiger partial charge < -0.3 is 13.9 Å². The molecule has 0 unspecified atom stereocenters. The summed E-state index contributed by atoms with van der Waals surface area (Å²) in [5.74, 6) is 0.852. The van der Waals surface area contributed by atoms with E-state index < -0.39 is 8.32 Å². The number of hydrogen-bond donors (Lipinski definition) is 0. The van der Waals surface area contributed by atoms with Gasteiger partial charge in [0.2, 0.25) is 0 Å². The van der Waals surface area contributed by atoms with Crippen LogP contribution in [0.3, 0.4) is 0 Å². The molecule has 1 aliphatic rings. The molecule has 1 heterocycles. The Kier molecular flexibility index (Phi) is 8.30. The van der Waals surface area contributed by atoms with Crippen molar-refractivity contribution in [1.82, 2.24) is 0 Å². The molecule has 188 valence electrons. The maximum absolute atomic E-state index is 6.98. The van der Waals surface area contributed by atoms with Gasteiger partial charge in [-0.3, -0.25) is 0 Å². The maximum Gasteiger partial charge on any atom is 0.261 e. The average molecular weight is 499 g/mol. The van der Waals surface area contributed by atoms with E-state index in [4.69, 9.17) is 13.9 Å². The smallest absolute Gasteiger partial charge is 0.261 e. The van der Waals surface area contributed by atoms with Crippen LogP contribution in [-0.4, -0.2) is 28.1 Å². The van der Waals surface area contributed by atoms with Crippen molar-refractivity contribution in [2.75, 3.05) is 13.7 Å². The molecule has 0 aliphatic carbocycles. The van der Waals surface area contributed by atoms with E-state index in [1.165, 1.54) is 15.9 Å². The molecule has 3 aromatic rings. The van der Waals surface area contributed by atoms with Crippen molar-refractivity contribution in [2.45, 2.75) is 50.9 Å². The summed E-state index contributed by atoms with van der Waals surface area (Å²) >= 11 is 0. The number of hydrogen-bond acceptors (Lipinski definition) is 3. The molecule has 1 aliphatic heterocycles. The second-order valence-corrected chi connectivity index (χ2v) is 14.8. The molecule has 3 aromatic carbocycles. The molecule has 0 saturated carbocycles. The topological polar surface area (TPSA) is 27.7 Å². The minimum Gasteiger partial charge on any atom is -0.497 e. The third kappa shape index (κ3) is 5.72. The van der Waals surface area contributed by atoms with Crippen LogP contribution in [0, 0.1) is 0 Å². The summed E-state index contributed by atoms with van der Waals surface area (Å²) in [6.45, 7) is 11.7. The quantitative estimate of drug-likeness (QED) is 0.259. The van der Waals surface area contributed by atoms with E-state index in [2.05, 4.69) is 112 Å². The number of ether oxygens (including phenoxy) is 2. The molecule has 1 saturated heterocycles. The highest BCUT2D eigenvalue weighted by atomic mass is 28.4. The zero-order valence-corrected chi connectivity index (χ0v) is 22.9. The first-order valence-electron chi connectivity index (χ1n) is 12.7. The van der Waals surface area contributed by atoms with Crippen LogP contribution in [0.5, 0.6) is 5.75 Å². The molecule has 0 amide bonds. The summed E-state index contributed by atoms with van der Waals surface area (Å²) in [7, 11) is -0.862. The number of benzene rings is 3. The molecule has 2 atom stereocenters. The Morgan fingerprint density at radius 1 is 0.889 bits per heavy atom. The predicted molar refractivity (Wildman–Crippen MR) is 152 cm³/mol. The first-order chi connectivity index (χ1) is 17.3. The molecule has 0 spiro atoms. The van der Waals surface area contributed by atoms with Gasteiger partial charge in [0.15, 0.2) is 0 Å². The molecule has 0 radical (unpaired) electrons. The predicted octanol–water partition coefficient (Wildman–Crippen LogP) is 6.60. The van der Waals surface area contributed by atoms with Gasteiger partial charge in [-0.05, 0) is 45.9 Å². The van der Waals surface area contributed by atoms with E-state index in [0.717, 1.165) is 24.2 Å². The summed E-state index contributed by atoms with van der Waals surface area (Å²) in [4.78, 5) is 0. The SMILES string of the molecule is C=C1C[C@@H](/C=C\CO[Si](c2ccccc2)(c2ccccc2)C(C)(C)C)O[C@@H](c2ccc(OC)cc2)C1. The Morgan fingerprint density at radius 2 is 1.47 bits per heavy atom. The molecule has 36 heavy (non-hydrogen) atoms. The second kappa shape index (κ2) is 11.4. The summed E-state index contributed by atoms with van der Waals surface area (Å²) in [5.41, 5.74) is 2.36. The Morgan fingerprint density at radius 3 is 2.00 bits per heavy atom. The summed E-state index contributed by atoms with van der Waals surface area (Å²) in [5, 5.41) is 2.54. The van der Waals surface area contributed by atoms with Gasteiger partial charge in [-0.25, -0.2) is 0 Å². The van der Waals surface area contributed by atoms with Crippen molar-refractivity contribution in [3.8, 4) is 5.75 Å². The van der Waals surface area contributed by atoms with Crippen molar-refractivity contribution >= 4 is 18.7 Å². The minimum absolute atomic E-state index is 0.00408. The van der Waals surface area contributed by atoms with Crippen molar-refractivity contribution < 1.29 is 13.9 Å². The second-order valence-electron chi connectivity index (χ2n) is 10.5. The molecule has 4 rings (SSSR count). The van der Waals surface area contributed by atoms with Crippen molar-refractivity contribution in [1.29, 1.82) is 0 Å². The van der Waals surface area contributed by atoms with Gasteiger partial charge in [0, 0.05) is 0 Å². The van der Waals surface area contributed by atoms with Gasteiger partial charge in [-0.2, -0.15) is 0 Å². The van der Waals surface area contributed by atoms with Gasteiger partial charge in [-0.15, -0.1) is 0 Å². The molecule has 0 N–H and O–H groups in total. The van der Waals surface area contributed by atoms with E-state index >= 15 is 0 Å². The Bertz CT molecular complexity index is 1110. The van der Waals surface area contributed by atoms with Crippen LogP contribution in [0.1, 0.15) is 45.3 Å². The van der Waals surface area contributed by atoms with Gasteiger partial charge in [0.1, 0.15) is 5.75 Å². The van der Waals surface area contributed by atoms with Crippen molar-refractivity contribution in [3.63, 3.8) is 0 Å². The molecule has 0 bridgehead atoms. The Hall–Kier alpha value is -2.92. The normalized spacial score (nSPS) is 18.9. The highest BCUT2D eigenvalue weighted by Crippen LogP contribution is 2.37. The van der Waals surface area contributed by atoms with Crippen molar-refractivity contribution in [3.05, 3.63) is 115 Å². The number of rotatable bonds is 8. The highest BCUT2D eigenvalue weighted by molar-refractivity contribution is 6.99. The largest absolute Gasteiger partial charge is 0.497 e. The lowest BCUT2D eigenvalue weighted by atomic mass is 9.94. The average Bonchev–Trinajstić information content (AvgIpc) is 2.89. The van der Waals surface area contributed by atoms with Crippen LogP contribution in [0.15, 0.2) is 109 Å². The van der Waals surface area contributed by atoms with E-state index in [0.29, 0.717) is 6.61 Å². The summed E-state index contributed by atoms with van der Waals surface area (Å²) in [6.07, 6.45) is 5.95. The fourth-order valence-electron chi connectivity index (χ4n) is 5.21. The fraction of sp³-hybridized carbons (Fsp3) is 0.312. The van der Waals surface area contributed by atoms with Crippen LogP contribution in [-0.2, 0) is 9.16 Å². The highest BCUT2D eigenvalue weighted by Gasteiger charge is 2.49. The molecule has 3 nitrogen and oxygen atoms in total. The van der Waals surface area contributed by atoms with Crippen LogP contribution in [0.2, 0.25) is 5.04 Å². The van der Waals surface area contributed by atoms with Gasteiger partial charge in [-0.1, -0.05) is 118 Å². The summed E-state index contributed by atoms with van der Waals surface area (Å²) < 4.78 is 18.7. The lowest BCUT2D eigenvalue weighted by Gasteiger charge is -2.42. The van der Waals surface area contributed by atoms with Crippen LogP contribution in [0.4, 0.5) is 0 Å². The lowest BCUT2D eigenvalue weighted by molar-refractivity contribution is -0.00742. The lowest BCUT2D eigenvalue weighted by Crippen LogP contribution is -2.66. The third-order valence-corrected chi connectivity index (χ3v) is 12.0. The van der Waals surface area contributed by atoms with Gasteiger partial charge in [0.25, 0.3) is 8.32 Å². The zero-order valence-electron chi connectivity index (χ0n) is 21.9. The minimum atomic E-state index is -2.55. The third-order valence-electron chi connectivity index (χ3n) is 6.95. The first-order valence-corrected chi connectivity index (χ1v) is 14.6. The van der Waals surface area contributed by atoms with Crippen LogP contribution >= 0.6 is 0 Å². The molecular weight excluding hydrogens is 460 g/mol. The van der Waals surface area contributed by atoms with Crippen LogP contribution < -0.4 is 15.1 Å². The van der Waals surface area contributed by atoms with E-state index in [9.17, 15) is 0 Å². The Labute approximate surface area is 217 Å². The molecular formula is C32H38O3Si. The zero-order chi connectivity index (χ0) is 25.6. The number of methoxy groups -OCH3 is 1. The molecule has 0 aromatic heterocycles. The van der Waals surface area contributed by atoms with Gasteiger partial charge >= 0.3 is 0 Å². The molecule has 4 heteroatoms. The molecule has 1 fully saturated rings. The fourth-order valence-corrected chi connectivity index (χ4v) is 9.71. The van der Waals surface area contributed by atoms with E-state index in [-0.39, 0.29) is 17.2 Å². The van der Waals surface area contributed by atoms with Gasteiger partial charge in [0.05, 0.1) is 25.9 Å². The summed E-state index contributed by atoms with van der Waals surface area (Å²) in [6, 6.07) is 29.6. The van der Waals surface area contributed by atoms with Crippen molar-refractivity contribution in [2.24, 2.45) is 0 Å². The maximum atomic E-state index is 6.98. The monoisotopic (exact) mass is 498 g/mol. The standard InChI is InChI=1S/C32H38O3Si/c1-25-23-28(35-31(24-25)26-18-20-27(33-5)21-19-26)13-12-22-34-36(32(2,3)4,29-14-8-6-9-15-29)30-16-10-7-11-17-30/h6-21,28,31H,1,22-24H2,2-5H3/b13-12-/t28-,31-/m1/s1. The Balaban J connectivity index is 1.53. The van der Waals surface area contributed by atoms with E-state index in [1.807, 2.05) is 12.1 Å². The first kappa shape index (κ1) is 26.1. The van der Waals surface area contributed by atoms with E-state index in [1.54, 1.807) is 7.11 Å². The van der Waals surface area contributed by atoms with Crippen LogP contribution in [0.25, 0.3) is 0 Å².